The van der Waals surface area contributed by atoms with Gasteiger partial charge in [-0.25, -0.2) is 0 Å². The van der Waals surface area contributed by atoms with Gasteiger partial charge in [0.05, 0.1) is 7.11 Å². The van der Waals surface area contributed by atoms with Gasteiger partial charge in [0.25, 0.3) is 0 Å². The van der Waals surface area contributed by atoms with Crippen molar-refractivity contribution in [2.45, 2.75) is 64.5 Å². The summed E-state index contributed by atoms with van der Waals surface area (Å²) in [6.45, 7) is 5.11. The Kier molecular flexibility index (Phi) is 5.71. The molecule has 0 spiro atoms. The third-order valence-electron chi connectivity index (χ3n) is 5.56. The highest BCUT2D eigenvalue weighted by molar-refractivity contribution is 5.98. The number of ketones is 1. The van der Waals surface area contributed by atoms with E-state index in [-0.39, 0.29) is 17.2 Å². The zero-order chi connectivity index (χ0) is 18.7. The summed E-state index contributed by atoms with van der Waals surface area (Å²) in [5.41, 5.74) is 4.38. The van der Waals surface area contributed by atoms with Crippen LogP contribution in [0.25, 0.3) is 5.70 Å². The van der Waals surface area contributed by atoms with Crippen molar-refractivity contribution in [2.75, 3.05) is 14.2 Å². The van der Waals surface area contributed by atoms with Crippen LogP contribution in [0.1, 0.15) is 62.6 Å². The quantitative estimate of drug-likeness (QED) is 0.787. The van der Waals surface area contributed by atoms with Gasteiger partial charge in [-0.15, -0.1) is 0 Å². The molecule has 26 heavy (non-hydrogen) atoms. The van der Waals surface area contributed by atoms with E-state index in [1.54, 1.807) is 7.11 Å². The molecule has 0 atom stereocenters. The second kappa shape index (κ2) is 7.83. The molecule has 1 aromatic rings. The molecule has 0 radical (unpaired) electrons. The van der Waals surface area contributed by atoms with Crippen LogP contribution in [-0.4, -0.2) is 25.5 Å². The predicted molar refractivity (Wildman–Crippen MR) is 106 cm³/mol. The lowest BCUT2D eigenvalue weighted by Gasteiger charge is -2.36. The molecule has 4 nitrogen and oxygen atoms in total. The van der Waals surface area contributed by atoms with Crippen LogP contribution in [-0.2, 0) is 17.8 Å². The third-order valence-corrected chi connectivity index (χ3v) is 5.56. The number of ether oxygens (including phenoxy) is 1. The smallest absolute Gasteiger partial charge is 0.160 e. The minimum Gasteiger partial charge on any atom is -0.496 e. The molecule has 0 unspecified atom stereocenters. The number of methoxy groups -OCH3 is 1. The van der Waals surface area contributed by atoms with Gasteiger partial charge in [0.2, 0.25) is 0 Å². The second-order valence-electron chi connectivity index (χ2n) is 8.33. The normalized spacial score (nSPS) is 21.2. The number of hydrogen-bond acceptors (Lipinski definition) is 4. The van der Waals surface area contributed by atoms with Crippen molar-refractivity contribution in [1.29, 1.82) is 0 Å². The van der Waals surface area contributed by atoms with Gasteiger partial charge in [-0.05, 0) is 57.9 Å². The molecule has 2 N–H and O–H groups in total. The van der Waals surface area contributed by atoms with E-state index in [0.717, 1.165) is 48.4 Å². The van der Waals surface area contributed by atoms with E-state index in [1.165, 1.54) is 24.8 Å². The van der Waals surface area contributed by atoms with E-state index >= 15 is 0 Å². The van der Waals surface area contributed by atoms with Gasteiger partial charge in [0.1, 0.15) is 5.75 Å². The highest BCUT2D eigenvalue weighted by atomic mass is 16.5. The first kappa shape index (κ1) is 19.0. The lowest BCUT2D eigenvalue weighted by molar-refractivity contribution is -0.119. The van der Waals surface area contributed by atoms with Crippen molar-refractivity contribution in [2.24, 2.45) is 5.92 Å². The van der Waals surface area contributed by atoms with Crippen LogP contribution in [0.5, 0.6) is 5.75 Å². The Bertz CT molecular complexity index is 700. The summed E-state index contributed by atoms with van der Waals surface area (Å²) in [7, 11) is 3.65. The first-order valence-corrected chi connectivity index (χ1v) is 9.82. The van der Waals surface area contributed by atoms with Gasteiger partial charge in [-0.2, -0.15) is 0 Å². The maximum atomic E-state index is 12.9. The molecule has 1 aromatic carbocycles. The lowest BCUT2D eigenvalue weighted by atomic mass is 9.82. The molecule has 1 fully saturated rings. The highest BCUT2D eigenvalue weighted by Gasteiger charge is 2.30. The molecular formula is C22H32N2O2. The van der Waals surface area contributed by atoms with Gasteiger partial charge >= 0.3 is 0 Å². The third kappa shape index (κ3) is 4.12. The van der Waals surface area contributed by atoms with Gasteiger partial charge in [0, 0.05) is 40.9 Å². The SMILES string of the molecule is CNCc1cc2c(cc1OC)CC(C)(C)N/C2=C\C(=O)C1CCCCC1. The minimum atomic E-state index is -0.0821. The maximum Gasteiger partial charge on any atom is 0.160 e. The number of hydrogen-bond donors (Lipinski definition) is 2. The Balaban J connectivity index is 1.99. The Hall–Kier alpha value is -1.81. The molecule has 0 aromatic heterocycles. The molecule has 0 amide bonds. The monoisotopic (exact) mass is 356 g/mol. The molecule has 142 valence electrons. The first-order chi connectivity index (χ1) is 12.4. The van der Waals surface area contributed by atoms with Crippen LogP contribution in [0.3, 0.4) is 0 Å². The van der Waals surface area contributed by atoms with Crippen molar-refractivity contribution in [1.82, 2.24) is 10.6 Å². The molecule has 1 heterocycles. The fraction of sp³-hybridized carbons (Fsp3) is 0.591. The Morgan fingerprint density at radius 3 is 2.69 bits per heavy atom. The summed E-state index contributed by atoms with van der Waals surface area (Å²) >= 11 is 0. The Morgan fingerprint density at radius 1 is 1.31 bits per heavy atom. The van der Waals surface area contributed by atoms with Crippen molar-refractivity contribution < 1.29 is 9.53 Å². The number of nitrogens with one attached hydrogen (secondary N) is 2. The fourth-order valence-corrected chi connectivity index (χ4v) is 4.30. The van der Waals surface area contributed by atoms with Crippen LogP contribution in [0.2, 0.25) is 0 Å². The van der Waals surface area contributed by atoms with E-state index in [1.807, 2.05) is 13.1 Å². The standard InChI is InChI=1S/C22H32N2O2/c1-22(2)13-16-11-21(26-4)17(14-23-3)10-18(16)19(24-22)12-20(25)15-8-6-5-7-9-15/h10-12,15,23-24H,5-9,13-14H2,1-4H3/b19-12-. The van der Waals surface area contributed by atoms with Gasteiger partial charge in [0.15, 0.2) is 5.78 Å². The average molecular weight is 357 g/mol. The summed E-state index contributed by atoms with van der Waals surface area (Å²) in [6.07, 6.45) is 8.47. The number of benzene rings is 1. The van der Waals surface area contributed by atoms with Gasteiger partial charge < -0.3 is 15.4 Å². The number of carbonyl (C=O) groups excluding carboxylic acids is 1. The second-order valence-corrected chi connectivity index (χ2v) is 8.33. The molecule has 1 aliphatic carbocycles. The van der Waals surface area contributed by atoms with E-state index in [2.05, 4.69) is 36.6 Å². The summed E-state index contributed by atoms with van der Waals surface area (Å²) in [4.78, 5) is 12.9. The predicted octanol–water partition coefficient (Wildman–Crippen LogP) is 3.83. The van der Waals surface area contributed by atoms with Crippen LogP contribution < -0.4 is 15.4 Å². The van der Waals surface area contributed by atoms with E-state index < -0.39 is 0 Å². The molecule has 0 saturated heterocycles. The van der Waals surface area contributed by atoms with Crippen molar-refractivity contribution in [3.8, 4) is 5.75 Å². The summed E-state index contributed by atoms with van der Waals surface area (Å²) in [5, 5.41) is 6.81. The largest absolute Gasteiger partial charge is 0.496 e. The van der Waals surface area contributed by atoms with Crippen LogP contribution in [0.4, 0.5) is 0 Å². The van der Waals surface area contributed by atoms with E-state index in [9.17, 15) is 4.79 Å². The van der Waals surface area contributed by atoms with Crippen molar-refractivity contribution >= 4 is 11.5 Å². The molecule has 0 bridgehead atoms. The maximum absolute atomic E-state index is 12.9. The molecule has 1 saturated carbocycles. The number of fused-ring (bicyclic) bond motifs is 1. The van der Waals surface area contributed by atoms with E-state index in [0.29, 0.717) is 0 Å². The van der Waals surface area contributed by atoms with Crippen molar-refractivity contribution in [3.63, 3.8) is 0 Å². The highest BCUT2D eigenvalue weighted by Crippen LogP contribution is 2.35. The Morgan fingerprint density at radius 2 is 2.04 bits per heavy atom. The molecule has 2 aliphatic rings. The summed E-state index contributed by atoms with van der Waals surface area (Å²) in [5.74, 6) is 1.39. The van der Waals surface area contributed by atoms with Crippen molar-refractivity contribution in [3.05, 3.63) is 34.9 Å². The fourth-order valence-electron chi connectivity index (χ4n) is 4.30. The number of allylic oxidation sites excluding steroid dienone is 1. The lowest BCUT2D eigenvalue weighted by Crippen LogP contribution is -2.44. The summed E-state index contributed by atoms with van der Waals surface area (Å²) < 4.78 is 5.60. The van der Waals surface area contributed by atoms with Crippen LogP contribution in [0, 0.1) is 5.92 Å². The zero-order valence-electron chi connectivity index (χ0n) is 16.6. The molecule has 4 heteroatoms. The minimum absolute atomic E-state index is 0.0821. The molecule has 1 aliphatic heterocycles. The van der Waals surface area contributed by atoms with Crippen LogP contribution in [0.15, 0.2) is 18.2 Å². The molecule has 3 rings (SSSR count). The molecular weight excluding hydrogens is 324 g/mol. The van der Waals surface area contributed by atoms with E-state index in [4.69, 9.17) is 4.74 Å². The zero-order valence-corrected chi connectivity index (χ0v) is 16.6. The van der Waals surface area contributed by atoms with Crippen LogP contribution >= 0.6 is 0 Å². The number of rotatable bonds is 5. The summed E-state index contributed by atoms with van der Waals surface area (Å²) in [6, 6.07) is 4.32. The van der Waals surface area contributed by atoms with Gasteiger partial charge in [-0.3, -0.25) is 4.79 Å². The van der Waals surface area contributed by atoms with Gasteiger partial charge in [-0.1, -0.05) is 19.3 Å². The topological polar surface area (TPSA) is 50.4 Å². The number of carbonyl (C=O) groups is 1. The first-order valence-electron chi connectivity index (χ1n) is 9.82. The Labute approximate surface area is 157 Å². The average Bonchev–Trinajstić information content (AvgIpc) is 2.62.